The second-order valence-electron chi connectivity index (χ2n) is 3.60. The number of aromatic nitrogens is 2. The Hall–Kier alpha value is -1.67. The second-order valence-corrected chi connectivity index (χ2v) is 3.60. The molecule has 0 radical (unpaired) electrons. The normalized spacial score (nSPS) is 17.5. The lowest BCUT2D eigenvalue weighted by atomic mass is 10.1. The highest BCUT2D eigenvalue weighted by Gasteiger charge is 2.18. The molecular weight excluding hydrogens is 192 g/mol. The number of hydrogen-bond acceptors (Lipinski definition) is 5. The molecule has 0 spiro atoms. The lowest BCUT2D eigenvalue weighted by Crippen LogP contribution is -2.36. The maximum atomic E-state index is 9.35. The molecule has 2 heterocycles. The van der Waals surface area contributed by atoms with Gasteiger partial charge < -0.3 is 10.0 Å². The van der Waals surface area contributed by atoms with Crippen LogP contribution in [0.4, 0.5) is 5.95 Å². The first-order chi connectivity index (χ1) is 7.29. The van der Waals surface area contributed by atoms with Crippen molar-refractivity contribution in [1.29, 1.82) is 5.26 Å². The quantitative estimate of drug-likeness (QED) is 0.712. The molecule has 0 amide bonds. The van der Waals surface area contributed by atoms with Crippen LogP contribution in [0.5, 0.6) is 0 Å². The van der Waals surface area contributed by atoms with E-state index in [1.807, 2.05) is 11.0 Å². The Morgan fingerprint density at radius 1 is 1.33 bits per heavy atom. The third kappa shape index (κ3) is 2.22. The summed E-state index contributed by atoms with van der Waals surface area (Å²) in [5.74, 6) is 0.640. The van der Waals surface area contributed by atoms with Crippen molar-refractivity contribution in [1.82, 2.24) is 9.97 Å². The fourth-order valence-electron chi connectivity index (χ4n) is 1.61. The van der Waals surface area contributed by atoms with Crippen molar-refractivity contribution >= 4 is 5.95 Å². The lowest BCUT2D eigenvalue weighted by molar-refractivity contribution is 0.145. The van der Waals surface area contributed by atoms with Crippen molar-refractivity contribution in [2.75, 3.05) is 18.0 Å². The van der Waals surface area contributed by atoms with Gasteiger partial charge in [-0.2, -0.15) is 5.26 Å². The van der Waals surface area contributed by atoms with E-state index in [9.17, 15) is 5.11 Å². The smallest absolute Gasteiger partial charge is 0.225 e. The number of nitriles is 1. The van der Waals surface area contributed by atoms with Crippen LogP contribution in [0, 0.1) is 11.3 Å². The van der Waals surface area contributed by atoms with Crippen LogP contribution in [0.1, 0.15) is 18.4 Å². The fourth-order valence-corrected chi connectivity index (χ4v) is 1.61. The molecular formula is C10H12N4O. The molecule has 78 valence electrons. The summed E-state index contributed by atoms with van der Waals surface area (Å²) in [6, 6.07) is 1.98. The van der Waals surface area contributed by atoms with Crippen molar-refractivity contribution in [3.05, 3.63) is 18.0 Å². The van der Waals surface area contributed by atoms with Gasteiger partial charge in [-0.1, -0.05) is 0 Å². The van der Waals surface area contributed by atoms with Gasteiger partial charge in [0.25, 0.3) is 0 Å². The van der Waals surface area contributed by atoms with Crippen LogP contribution in [0.25, 0.3) is 0 Å². The molecule has 0 saturated carbocycles. The second kappa shape index (κ2) is 4.24. The SMILES string of the molecule is N#Cc1cnc(N2CCC(O)CC2)nc1. The lowest BCUT2D eigenvalue weighted by Gasteiger charge is -2.29. The van der Waals surface area contributed by atoms with Gasteiger partial charge >= 0.3 is 0 Å². The van der Waals surface area contributed by atoms with Crippen LogP contribution in [0.15, 0.2) is 12.4 Å². The summed E-state index contributed by atoms with van der Waals surface area (Å²) < 4.78 is 0. The minimum absolute atomic E-state index is 0.195. The van der Waals surface area contributed by atoms with Crippen LogP contribution in [0.2, 0.25) is 0 Å². The average molecular weight is 204 g/mol. The van der Waals surface area contributed by atoms with Crippen LogP contribution in [-0.2, 0) is 0 Å². The number of aliphatic hydroxyl groups excluding tert-OH is 1. The van der Waals surface area contributed by atoms with Crippen LogP contribution in [-0.4, -0.2) is 34.3 Å². The summed E-state index contributed by atoms with van der Waals surface area (Å²) in [5, 5.41) is 17.9. The van der Waals surface area contributed by atoms with Gasteiger partial charge in [-0.25, -0.2) is 9.97 Å². The van der Waals surface area contributed by atoms with E-state index in [4.69, 9.17) is 5.26 Å². The van der Waals surface area contributed by atoms with E-state index in [2.05, 4.69) is 9.97 Å². The van der Waals surface area contributed by atoms with E-state index in [0.717, 1.165) is 25.9 Å². The highest BCUT2D eigenvalue weighted by Crippen LogP contribution is 2.15. The average Bonchev–Trinajstić information content (AvgIpc) is 2.30. The summed E-state index contributed by atoms with van der Waals surface area (Å²) in [5.41, 5.74) is 0.468. The third-order valence-corrected chi connectivity index (χ3v) is 2.51. The highest BCUT2D eigenvalue weighted by atomic mass is 16.3. The van der Waals surface area contributed by atoms with E-state index in [1.165, 1.54) is 12.4 Å². The van der Waals surface area contributed by atoms with E-state index in [-0.39, 0.29) is 6.10 Å². The third-order valence-electron chi connectivity index (χ3n) is 2.51. The van der Waals surface area contributed by atoms with Gasteiger partial charge in [-0.15, -0.1) is 0 Å². The number of anilines is 1. The molecule has 1 fully saturated rings. The van der Waals surface area contributed by atoms with E-state index < -0.39 is 0 Å². The maximum Gasteiger partial charge on any atom is 0.225 e. The highest BCUT2D eigenvalue weighted by molar-refractivity contribution is 5.33. The molecule has 0 aromatic carbocycles. The summed E-state index contributed by atoms with van der Waals surface area (Å²) >= 11 is 0. The summed E-state index contributed by atoms with van der Waals surface area (Å²) in [4.78, 5) is 10.2. The first-order valence-corrected chi connectivity index (χ1v) is 4.95. The first kappa shape index (κ1) is 9.87. The van der Waals surface area contributed by atoms with Crippen LogP contribution >= 0.6 is 0 Å². The first-order valence-electron chi connectivity index (χ1n) is 4.95. The largest absolute Gasteiger partial charge is 0.393 e. The van der Waals surface area contributed by atoms with E-state index >= 15 is 0 Å². The van der Waals surface area contributed by atoms with Crippen molar-refractivity contribution in [3.63, 3.8) is 0 Å². The van der Waals surface area contributed by atoms with Crippen LogP contribution in [0.3, 0.4) is 0 Å². The zero-order chi connectivity index (χ0) is 10.7. The molecule has 15 heavy (non-hydrogen) atoms. The molecule has 2 rings (SSSR count). The number of piperidine rings is 1. The molecule has 1 aliphatic heterocycles. The molecule has 1 aromatic rings. The molecule has 1 aromatic heterocycles. The standard InChI is InChI=1S/C10H12N4O/c11-5-8-6-12-10(13-7-8)14-3-1-9(15)2-4-14/h6-7,9,15H,1-4H2. The Kier molecular flexibility index (Phi) is 2.79. The van der Waals surface area contributed by atoms with Gasteiger partial charge in [0.1, 0.15) is 6.07 Å². The summed E-state index contributed by atoms with van der Waals surface area (Å²) in [6.07, 6.45) is 4.35. The molecule has 1 N–H and O–H groups in total. The van der Waals surface area contributed by atoms with Gasteiger partial charge in [-0.3, -0.25) is 0 Å². The minimum Gasteiger partial charge on any atom is -0.393 e. The number of hydrogen-bond donors (Lipinski definition) is 1. The molecule has 0 atom stereocenters. The Morgan fingerprint density at radius 3 is 2.47 bits per heavy atom. The molecule has 5 nitrogen and oxygen atoms in total. The van der Waals surface area contributed by atoms with Gasteiger partial charge in [0.05, 0.1) is 24.1 Å². The Labute approximate surface area is 88.0 Å². The molecule has 1 saturated heterocycles. The Morgan fingerprint density at radius 2 is 1.93 bits per heavy atom. The summed E-state index contributed by atoms with van der Waals surface area (Å²) in [6.45, 7) is 1.54. The van der Waals surface area contributed by atoms with Gasteiger partial charge in [0.2, 0.25) is 5.95 Å². The van der Waals surface area contributed by atoms with Crippen LogP contribution < -0.4 is 4.90 Å². The zero-order valence-electron chi connectivity index (χ0n) is 8.30. The number of nitrogens with zero attached hydrogens (tertiary/aromatic N) is 4. The monoisotopic (exact) mass is 204 g/mol. The van der Waals surface area contributed by atoms with Crippen molar-refractivity contribution in [2.24, 2.45) is 0 Å². The Balaban J connectivity index is 2.07. The Bertz CT molecular complexity index is 362. The van der Waals surface area contributed by atoms with Gasteiger partial charge in [0, 0.05) is 13.1 Å². The summed E-state index contributed by atoms with van der Waals surface area (Å²) in [7, 11) is 0. The van der Waals surface area contributed by atoms with Crippen molar-refractivity contribution in [2.45, 2.75) is 18.9 Å². The van der Waals surface area contributed by atoms with E-state index in [0.29, 0.717) is 11.5 Å². The minimum atomic E-state index is -0.195. The fraction of sp³-hybridized carbons (Fsp3) is 0.500. The maximum absolute atomic E-state index is 9.35. The van der Waals surface area contributed by atoms with Crippen molar-refractivity contribution < 1.29 is 5.11 Å². The predicted octanol–water partition coefficient (Wildman–Crippen LogP) is 0.309. The topological polar surface area (TPSA) is 73.0 Å². The molecule has 5 heteroatoms. The van der Waals surface area contributed by atoms with Gasteiger partial charge in [-0.05, 0) is 12.8 Å². The molecule has 0 unspecified atom stereocenters. The van der Waals surface area contributed by atoms with Crippen molar-refractivity contribution in [3.8, 4) is 6.07 Å². The predicted molar refractivity (Wildman–Crippen MR) is 54.2 cm³/mol. The zero-order valence-corrected chi connectivity index (χ0v) is 8.30. The number of rotatable bonds is 1. The molecule has 0 bridgehead atoms. The molecule has 0 aliphatic carbocycles. The van der Waals surface area contributed by atoms with E-state index in [1.54, 1.807) is 0 Å². The number of aliphatic hydroxyl groups is 1. The van der Waals surface area contributed by atoms with Gasteiger partial charge in [0.15, 0.2) is 0 Å². The molecule has 1 aliphatic rings.